The van der Waals surface area contributed by atoms with Crippen LogP contribution < -0.4 is 0 Å². The molecule has 0 aliphatic carbocycles. The third-order valence-electron chi connectivity index (χ3n) is 2.60. The molecule has 16 heavy (non-hydrogen) atoms. The van der Waals surface area contributed by atoms with Gasteiger partial charge in [0.15, 0.2) is 0 Å². The number of carbonyl (C=O) groups is 1. The van der Waals surface area contributed by atoms with Crippen LogP contribution in [-0.4, -0.2) is 45.1 Å². The highest BCUT2D eigenvalue weighted by molar-refractivity contribution is 7.99. The van der Waals surface area contributed by atoms with Crippen LogP contribution in [0.2, 0.25) is 0 Å². The van der Waals surface area contributed by atoms with E-state index in [1.807, 2.05) is 23.5 Å². The van der Waals surface area contributed by atoms with E-state index in [0.29, 0.717) is 0 Å². The van der Waals surface area contributed by atoms with Crippen molar-refractivity contribution < 1.29 is 9.90 Å². The third kappa shape index (κ3) is 3.20. The van der Waals surface area contributed by atoms with Gasteiger partial charge in [-0.1, -0.05) is 0 Å². The van der Waals surface area contributed by atoms with Crippen molar-refractivity contribution in [3.05, 3.63) is 16.6 Å². The Morgan fingerprint density at radius 1 is 1.69 bits per heavy atom. The van der Waals surface area contributed by atoms with Gasteiger partial charge < -0.3 is 5.11 Å². The van der Waals surface area contributed by atoms with Crippen LogP contribution in [0.4, 0.5) is 0 Å². The van der Waals surface area contributed by atoms with Crippen LogP contribution in [0.3, 0.4) is 0 Å². The number of nitrogens with zero attached hydrogens (tertiary/aromatic N) is 2. The van der Waals surface area contributed by atoms with Crippen LogP contribution in [0.1, 0.15) is 11.3 Å². The molecule has 0 saturated carbocycles. The maximum atomic E-state index is 10.8. The molecule has 0 aromatic carbocycles. The van der Waals surface area contributed by atoms with Gasteiger partial charge in [0.25, 0.3) is 0 Å². The summed E-state index contributed by atoms with van der Waals surface area (Å²) in [6.45, 7) is 1.81. The Morgan fingerprint density at radius 3 is 3.25 bits per heavy atom. The smallest absolute Gasteiger partial charge is 0.304 e. The van der Waals surface area contributed by atoms with E-state index in [9.17, 15) is 4.79 Å². The molecule has 1 fully saturated rings. The number of thiazole rings is 1. The minimum absolute atomic E-state index is 0.165. The van der Waals surface area contributed by atoms with E-state index in [1.165, 1.54) is 4.88 Å². The molecule has 2 rings (SSSR count). The largest absolute Gasteiger partial charge is 0.481 e. The van der Waals surface area contributed by atoms with Crippen LogP contribution in [-0.2, 0) is 11.3 Å². The second kappa shape index (κ2) is 5.65. The third-order valence-corrected chi connectivity index (χ3v) is 4.46. The molecule has 1 unspecified atom stereocenters. The quantitative estimate of drug-likeness (QED) is 0.887. The molecule has 2 heterocycles. The molecule has 1 aromatic heterocycles. The van der Waals surface area contributed by atoms with Gasteiger partial charge in [0.05, 0.1) is 11.9 Å². The molecule has 4 nitrogen and oxygen atoms in total. The molecule has 1 N–H and O–H groups in total. The summed E-state index contributed by atoms with van der Waals surface area (Å²) >= 11 is 3.47. The lowest BCUT2D eigenvalue weighted by Gasteiger charge is -2.34. The first-order valence-corrected chi connectivity index (χ1v) is 7.20. The van der Waals surface area contributed by atoms with Gasteiger partial charge in [-0.15, -0.1) is 11.3 Å². The van der Waals surface area contributed by atoms with Crippen molar-refractivity contribution in [2.24, 2.45) is 0 Å². The fraction of sp³-hybridized carbons (Fsp3) is 0.600. The second-order valence-corrected chi connectivity index (χ2v) is 5.89. The minimum atomic E-state index is -0.707. The van der Waals surface area contributed by atoms with Gasteiger partial charge in [0, 0.05) is 41.7 Å². The van der Waals surface area contributed by atoms with Crippen LogP contribution in [0.25, 0.3) is 0 Å². The minimum Gasteiger partial charge on any atom is -0.481 e. The zero-order valence-corrected chi connectivity index (χ0v) is 10.5. The average molecular weight is 258 g/mol. The molecule has 1 aromatic rings. The van der Waals surface area contributed by atoms with Crippen LogP contribution in [0.15, 0.2) is 11.7 Å². The lowest BCUT2D eigenvalue weighted by molar-refractivity contribution is -0.138. The molecular weight excluding hydrogens is 244 g/mol. The van der Waals surface area contributed by atoms with Crippen LogP contribution >= 0.6 is 23.1 Å². The van der Waals surface area contributed by atoms with Crippen molar-refractivity contribution in [2.45, 2.75) is 19.0 Å². The number of hydrogen-bond acceptors (Lipinski definition) is 5. The monoisotopic (exact) mass is 258 g/mol. The van der Waals surface area contributed by atoms with E-state index in [0.717, 1.165) is 24.6 Å². The maximum Gasteiger partial charge on any atom is 0.304 e. The highest BCUT2D eigenvalue weighted by Crippen LogP contribution is 2.22. The molecule has 1 saturated heterocycles. The first-order chi connectivity index (χ1) is 7.75. The fourth-order valence-electron chi connectivity index (χ4n) is 1.81. The van der Waals surface area contributed by atoms with Crippen molar-refractivity contribution in [1.82, 2.24) is 9.88 Å². The number of aromatic nitrogens is 1. The number of hydrogen-bond donors (Lipinski definition) is 1. The van der Waals surface area contributed by atoms with Crippen molar-refractivity contribution in [3.63, 3.8) is 0 Å². The molecule has 0 spiro atoms. The first-order valence-electron chi connectivity index (χ1n) is 5.16. The summed E-state index contributed by atoms with van der Waals surface area (Å²) in [5, 5.41) is 8.86. The average Bonchev–Trinajstić information content (AvgIpc) is 2.73. The zero-order chi connectivity index (χ0) is 11.4. The normalized spacial score (nSPS) is 22.1. The Morgan fingerprint density at radius 2 is 2.56 bits per heavy atom. The molecule has 6 heteroatoms. The Balaban J connectivity index is 1.96. The molecule has 1 atom stereocenters. The summed E-state index contributed by atoms with van der Waals surface area (Å²) in [5.74, 6) is 1.31. The van der Waals surface area contributed by atoms with Gasteiger partial charge in [-0.05, 0) is 0 Å². The molecule has 1 aliphatic heterocycles. The lowest BCUT2D eigenvalue weighted by atomic mass is 10.2. The molecule has 0 bridgehead atoms. The van der Waals surface area contributed by atoms with E-state index in [4.69, 9.17) is 5.11 Å². The topological polar surface area (TPSA) is 53.4 Å². The Kier molecular flexibility index (Phi) is 4.20. The first kappa shape index (κ1) is 11.9. The number of carboxylic acid groups (broad SMARTS) is 1. The summed E-state index contributed by atoms with van der Waals surface area (Å²) < 4.78 is 0. The SMILES string of the molecule is O=C(O)CC1CSCCN1Cc1cncs1. The summed E-state index contributed by atoms with van der Waals surface area (Å²) in [4.78, 5) is 18.3. The number of thioether (sulfide) groups is 1. The predicted molar refractivity (Wildman–Crippen MR) is 65.9 cm³/mol. The van der Waals surface area contributed by atoms with Gasteiger partial charge >= 0.3 is 5.97 Å². The van der Waals surface area contributed by atoms with Crippen LogP contribution in [0, 0.1) is 0 Å². The standard InChI is InChI=1S/C10H14N2O2S2/c13-10(14)3-8-6-15-2-1-12(8)5-9-4-11-7-16-9/h4,7-8H,1-3,5-6H2,(H,13,14). The van der Waals surface area contributed by atoms with E-state index in [2.05, 4.69) is 9.88 Å². The summed E-state index contributed by atoms with van der Waals surface area (Å²) in [6, 6.07) is 0.165. The van der Waals surface area contributed by atoms with Gasteiger partial charge in [-0.25, -0.2) is 0 Å². The van der Waals surface area contributed by atoms with Crippen molar-refractivity contribution in [1.29, 1.82) is 0 Å². The second-order valence-electron chi connectivity index (χ2n) is 3.76. The van der Waals surface area contributed by atoms with Gasteiger partial charge in [-0.2, -0.15) is 11.8 Å². The van der Waals surface area contributed by atoms with Gasteiger partial charge in [0.1, 0.15) is 0 Å². The van der Waals surface area contributed by atoms with E-state index >= 15 is 0 Å². The van der Waals surface area contributed by atoms with Crippen LogP contribution in [0.5, 0.6) is 0 Å². The maximum absolute atomic E-state index is 10.8. The summed E-state index contributed by atoms with van der Waals surface area (Å²) in [7, 11) is 0. The Hall–Kier alpha value is -0.590. The van der Waals surface area contributed by atoms with Crippen molar-refractivity contribution in [3.8, 4) is 0 Å². The van der Waals surface area contributed by atoms with E-state index < -0.39 is 5.97 Å². The number of aliphatic carboxylic acids is 1. The molecule has 0 amide bonds. The van der Waals surface area contributed by atoms with E-state index in [1.54, 1.807) is 11.3 Å². The Bertz CT molecular complexity index is 343. The van der Waals surface area contributed by atoms with E-state index in [-0.39, 0.29) is 12.5 Å². The summed E-state index contributed by atoms with van der Waals surface area (Å²) in [6.07, 6.45) is 2.11. The zero-order valence-electron chi connectivity index (χ0n) is 8.83. The van der Waals surface area contributed by atoms with Crippen molar-refractivity contribution in [2.75, 3.05) is 18.1 Å². The fourth-order valence-corrected chi connectivity index (χ4v) is 3.56. The molecular formula is C10H14N2O2S2. The Labute approximate surface area is 103 Å². The number of carboxylic acids is 1. The highest BCUT2D eigenvalue weighted by atomic mass is 32.2. The molecule has 1 aliphatic rings. The molecule has 0 radical (unpaired) electrons. The predicted octanol–water partition coefficient (Wildman–Crippen LogP) is 1.54. The lowest BCUT2D eigenvalue weighted by Crippen LogP contribution is -2.42. The molecule has 88 valence electrons. The summed E-state index contributed by atoms with van der Waals surface area (Å²) in [5.41, 5.74) is 1.82. The van der Waals surface area contributed by atoms with Gasteiger partial charge in [0.2, 0.25) is 0 Å². The van der Waals surface area contributed by atoms with Crippen molar-refractivity contribution >= 4 is 29.1 Å². The number of rotatable bonds is 4. The highest BCUT2D eigenvalue weighted by Gasteiger charge is 2.25. The van der Waals surface area contributed by atoms with Gasteiger partial charge in [-0.3, -0.25) is 14.7 Å².